The Morgan fingerprint density at radius 2 is 1.90 bits per heavy atom. The Hall–Kier alpha value is -2.83. The third-order valence-electron chi connectivity index (χ3n) is 6.63. The maximum Gasteiger partial charge on any atom is 0.226 e. The van der Waals surface area contributed by atoms with Gasteiger partial charge < -0.3 is 9.64 Å². The van der Waals surface area contributed by atoms with Crippen molar-refractivity contribution in [1.82, 2.24) is 19.8 Å². The number of ether oxygens (including phenoxy) is 1. The highest BCUT2D eigenvalue weighted by atomic mass is 16.5. The molecule has 1 amide bonds. The summed E-state index contributed by atoms with van der Waals surface area (Å²) in [6.07, 6.45) is 5.27. The van der Waals surface area contributed by atoms with Gasteiger partial charge in [-0.1, -0.05) is 42.5 Å². The van der Waals surface area contributed by atoms with E-state index in [-0.39, 0.29) is 17.7 Å². The molecule has 146 valence electrons. The summed E-state index contributed by atoms with van der Waals surface area (Å²) in [7, 11) is 0. The van der Waals surface area contributed by atoms with Crippen molar-refractivity contribution >= 4 is 16.7 Å². The smallest absolute Gasteiger partial charge is 0.226 e. The van der Waals surface area contributed by atoms with Gasteiger partial charge in [-0.3, -0.25) is 9.69 Å². The van der Waals surface area contributed by atoms with E-state index in [0.29, 0.717) is 13.0 Å². The monoisotopic (exact) mass is 386 g/mol. The van der Waals surface area contributed by atoms with E-state index in [1.54, 1.807) is 0 Å². The van der Waals surface area contributed by atoms with Gasteiger partial charge in [-0.2, -0.15) is 0 Å². The van der Waals surface area contributed by atoms with Gasteiger partial charge in [-0.05, 0) is 10.8 Å². The third-order valence-corrected chi connectivity index (χ3v) is 6.63. The summed E-state index contributed by atoms with van der Waals surface area (Å²) in [5.74, 6) is 0.963. The Kier molecular flexibility index (Phi) is 3.73. The molecule has 3 aliphatic heterocycles. The molecular weight excluding hydrogens is 364 g/mol. The number of nitrogens with zero attached hydrogens (tertiary/aromatic N) is 4. The number of rotatable bonds is 3. The largest absolute Gasteiger partial charge is 0.352 e. The lowest BCUT2D eigenvalue weighted by atomic mass is 10.0. The van der Waals surface area contributed by atoms with Crippen LogP contribution in [0.2, 0.25) is 0 Å². The van der Waals surface area contributed by atoms with Crippen molar-refractivity contribution in [2.24, 2.45) is 0 Å². The molecule has 1 spiro atoms. The molecule has 2 aromatic carbocycles. The first-order chi connectivity index (χ1) is 14.2. The van der Waals surface area contributed by atoms with E-state index >= 15 is 0 Å². The van der Waals surface area contributed by atoms with Crippen LogP contribution in [0.15, 0.2) is 54.9 Å². The quantitative estimate of drug-likeness (QED) is 0.693. The number of amides is 1. The second kappa shape index (κ2) is 6.34. The maximum absolute atomic E-state index is 12.4. The second-order valence-electron chi connectivity index (χ2n) is 8.12. The van der Waals surface area contributed by atoms with E-state index in [0.717, 1.165) is 48.4 Å². The number of aromatic nitrogens is 2. The number of carbonyl (C=O) groups is 1. The zero-order valence-electron chi connectivity index (χ0n) is 16.1. The summed E-state index contributed by atoms with van der Waals surface area (Å²) in [6, 6.07) is 14.6. The van der Waals surface area contributed by atoms with E-state index in [2.05, 4.69) is 39.1 Å². The zero-order chi connectivity index (χ0) is 19.4. The zero-order valence-corrected chi connectivity index (χ0v) is 16.1. The van der Waals surface area contributed by atoms with Crippen molar-refractivity contribution in [1.29, 1.82) is 0 Å². The molecule has 3 fully saturated rings. The molecule has 0 saturated carbocycles. The lowest BCUT2D eigenvalue weighted by Gasteiger charge is -2.31. The van der Waals surface area contributed by atoms with Crippen LogP contribution >= 0.6 is 0 Å². The Balaban J connectivity index is 1.25. The van der Waals surface area contributed by atoms with Gasteiger partial charge in [0.2, 0.25) is 5.91 Å². The van der Waals surface area contributed by atoms with Crippen LogP contribution in [0.1, 0.15) is 18.4 Å². The topological polar surface area (TPSA) is 58.6 Å². The fraction of sp³-hybridized carbons (Fsp3) is 0.348. The van der Waals surface area contributed by atoms with Crippen LogP contribution in [0.5, 0.6) is 0 Å². The van der Waals surface area contributed by atoms with E-state index < -0.39 is 0 Å². The van der Waals surface area contributed by atoms with Gasteiger partial charge in [0.15, 0.2) is 11.5 Å². The van der Waals surface area contributed by atoms with Gasteiger partial charge in [-0.25, -0.2) is 9.97 Å². The Morgan fingerprint density at radius 1 is 1.07 bits per heavy atom. The first-order valence-electron chi connectivity index (χ1n) is 10.2. The molecule has 3 saturated heterocycles. The van der Waals surface area contributed by atoms with Crippen LogP contribution in [-0.4, -0.2) is 57.1 Å². The van der Waals surface area contributed by atoms with Crippen LogP contribution in [0.3, 0.4) is 0 Å². The van der Waals surface area contributed by atoms with E-state index in [1.807, 2.05) is 35.5 Å². The molecule has 0 N–H and O–H groups in total. The highest BCUT2D eigenvalue weighted by molar-refractivity contribution is 5.94. The number of likely N-dealkylation sites (tertiary alicyclic amines) is 1. The predicted molar refractivity (Wildman–Crippen MR) is 109 cm³/mol. The van der Waals surface area contributed by atoms with Gasteiger partial charge in [0.1, 0.15) is 0 Å². The lowest BCUT2D eigenvalue weighted by molar-refractivity contribution is -0.136. The number of hydrogen-bond donors (Lipinski definition) is 0. The fourth-order valence-electron chi connectivity index (χ4n) is 5.30. The summed E-state index contributed by atoms with van der Waals surface area (Å²) in [6.45, 7) is 3.05. The number of carbonyl (C=O) groups excluding carboxylic acids is 1. The fourth-order valence-corrected chi connectivity index (χ4v) is 5.30. The first kappa shape index (κ1) is 17.1. The van der Waals surface area contributed by atoms with Gasteiger partial charge in [0.25, 0.3) is 0 Å². The SMILES string of the molecule is O=C1C[C@H]2N(Cc3cnc(-c4cccc5ccccc45)nc3)CC[C@]23OCCN13. The molecule has 3 aliphatic rings. The second-order valence-corrected chi connectivity index (χ2v) is 8.12. The standard InChI is InChI=1S/C23H22N4O2/c28-21-12-20-23(27(21)10-11-29-23)8-9-26(20)15-16-13-24-22(25-14-16)19-7-3-5-17-4-1-2-6-18(17)19/h1-7,13-14,20H,8-12,15H2/t20-,23+/m1/s1. The van der Waals surface area contributed by atoms with Crippen molar-refractivity contribution in [3.8, 4) is 11.4 Å². The average molecular weight is 386 g/mol. The molecular formula is C23H22N4O2. The number of hydrogen-bond acceptors (Lipinski definition) is 5. The summed E-state index contributed by atoms with van der Waals surface area (Å²) in [4.78, 5) is 26.0. The van der Waals surface area contributed by atoms with Crippen molar-refractivity contribution in [2.75, 3.05) is 19.7 Å². The first-order valence-corrected chi connectivity index (χ1v) is 10.2. The average Bonchev–Trinajstić information content (AvgIpc) is 3.40. The molecule has 0 radical (unpaired) electrons. The molecule has 0 aliphatic carbocycles. The molecule has 0 unspecified atom stereocenters. The molecule has 0 bridgehead atoms. The molecule has 4 heterocycles. The minimum absolute atomic E-state index is 0.134. The Morgan fingerprint density at radius 3 is 2.79 bits per heavy atom. The van der Waals surface area contributed by atoms with Gasteiger partial charge in [-0.15, -0.1) is 0 Å². The highest BCUT2D eigenvalue weighted by Gasteiger charge is 2.61. The summed E-state index contributed by atoms with van der Waals surface area (Å²) in [5, 5.41) is 2.35. The van der Waals surface area contributed by atoms with Crippen molar-refractivity contribution in [3.63, 3.8) is 0 Å². The lowest BCUT2D eigenvalue weighted by Crippen LogP contribution is -2.47. The van der Waals surface area contributed by atoms with Gasteiger partial charge >= 0.3 is 0 Å². The van der Waals surface area contributed by atoms with Gasteiger partial charge in [0, 0.05) is 56.0 Å². The molecule has 2 atom stereocenters. The van der Waals surface area contributed by atoms with Crippen molar-refractivity contribution in [2.45, 2.75) is 31.2 Å². The molecule has 3 aromatic rings. The number of benzene rings is 2. The minimum Gasteiger partial charge on any atom is -0.352 e. The van der Waals surface area contributed by atoms with Crippen LogP contribution in [-0.2, 0) is 16.1 Å². The molecule has 6 rings (SSSR count). The van der Waals surface area contributed by atoms with Crippen LogP contribution in [0.25, 0.3) is 22.2 Å². The van der Waals surface area contributed by atoms with Crippen molar-refractivity contribution in [3.05, 3.63) is 60.4 Å². The predicted octanol–water partition coefficient (Wildman–Crippen LogP) is 2.83. The van der Waals surface area contributed by atoms with E-state index in [9.17, 15) is 4.79 Å². The summed E-state index contributed by atoms with van der Waals surface area (Å²) >= 11 is 0. The maximum atomic E-state index is 12.4. The molecule has 29 heavy (non-hydrogen) atoms. The van der Waals surface area contributed by atoms with Gasteiger partial charge in [0.05, 0.1) is 12.6 Å². The summed E-state index contributed by atoms with van der Waals surface area (Å²) < 4.78 is 6.08. The molecule has 1 aromatic heterocycles. The molecule has 6 nitrogen and oxygen atoms in total. The highest BCUT2D eigenvalue weighted by Crippen LogP contribution is 2.45. The third kappa shape index (κ3) is 2.52. The van der Waals surface area contributed by atoms with E-state index in [1.165, 1.54) is 5.39 Å². The minimum atomic E-state index is -0.388. The van der Waals surface area contributed by atoms with Crippen LogP contribution in [0, 0.1) is 0 Å². The van der Waals surface area contributed by atoms with Crippen LogP contribution in [0.4, 0.5) is 0 Å². The molecule has 6 heteroatoms. The normalized spacial score (nSPS) is 26.3. The Bertz CT molecular complexity index is 1090. The summed E-state index contributed by atoms with van der Waals surface area (Å²) in [5.41, 5.74) is 1.72. The van der Waals surface area contributed by atoms with Crippen molar-refractivity contribution < 1.29 is 9.53 Å². The van der Waals surface area contributed by atoms with E-state index in [4.69, 9.17) is 4.74 Å². The number of fused-ring (bicyclic) bond motifs is 1. The van der Waals surface area contributed by atoms with Crippen LogP contribution < -0.4 is 0 Å². The Labute approximate surface area is 169 Å².